The summed E-state index contributed by atoms with van der Waals surface area (Å²) < 4.78 is 0. The quantitative estimate of drug-likeness (QED) is 0.930. The molecule has 122 valence electrons. The summed E-state index contributed by atoms with van der Waals surface area (Å²) in [5.41, 5.74) is 1.76. The summed E-state index contributed by atoms with van der Waals surface area (Å²) in [4.78, 5) is 20.6. The molecule has 1 aliphatic rings. The lowest BCUT2D eigenvalue weighted by molar-refractivity contribution is 0.0690. The van der Waals surface area contributed by atoms with Crippen molar-refractivity contribution in [3.05, 3.63) is 22.9 Å². The van der Waals surface area contributed by atoms with Gasteiger partial charge in [0.1, 0.15) is 5.82 Å². The Morgan fingerprint density at radius 1 is 1.32 bits per heavy atom. The zero-order valence-electron chi connectivity index (χ0n) is 14.5. The summed E-state index contributed by atoms with van der Waals surface area (Å²) in [5.74, 6) is -0.0181. The van der Waals surface area contributed by atoms with Crippen molar-refractivity contribution in [3.63, 3.8) is 0 Å². The van der Waals surface area contributed by atoms with Crippen molar-refractivity contribution in [2.24, 2.45) is 0 Å². The Balaban J connectivity index is 2.29. The molecule has 1 N–H and O–H groups in total. The fourth-order valence-electron chi connectivity index (χ4n) is 3.62. The first-order chi connectivity index (χ1) is 10.1. The first-order valence-corrected chi connectivity index (χ1v) is 7.86. The third kappa shape index (κ3) is 3.09. The Kier molecular flexibility index (Phi) is 4.47. The Bertz CT molecular complexity index is 558. The SMILES string of the molecule is Cc1cc(N2CCN(C(C)C)C(C)(C)C2)nc(C)c1C(=O)O. The Labute approximate surface area is 132 Å². The van der Waals surface area contributed by atoms with Crippen LogP contribution in [0.5, 0.6) is 0 Å². The number of pyridine rings is 1. The maximum absolute atomic E-state index is 11.3. The smallest absolute Gasteiger partial charge is 0.337 e. The summed E-state index contributed by atoms with van der Waals surface area (Å²) in [5, 5.41) is 9.27. The number of carboxylic acids is 1. The highest BCUT2D eigenvalue weighted by atomic mass is 16.4. The minimum absolute atomic E-state index is 0.0708. The van der Waals surface area contributed by atoms with E-state index in [4.69, 9.17) is 0 Å². The summed E-state index contributed by atoms with van der Waals surface area (Å²) in [6.45, 7) is 15.4. The maximum atomic E-state index is 11.3. The van der Waals surface area contributed by atoms with Crippen LogP contribution in [0, 0.1) is 13.8 Å². The molecule has 5 heteroatoms. The second-order valence-electron chi connectivity index (χ2n) is 7.08. The van der Waals surface area contributed by atoms with Crippen molar-refractivity contribution in [2.45, 2.75) is 53.1 Å². The van der Waals surface area contributed by atoms with E-state index in [0.29, 0.717) is 17.3 Å². The third-order valence-corrected chi connectivity index (χ3v) is 4.51. The van der Waals surface area contributed by atoms with Gasteiger partial charge in [-0.15, -0.1) is 0 Å². The van der Waals surface area contributed by atoms with Crippen molar-refractivity contribution in [1.29, 1.82) is 0 Å². The van der Waals surface area contributed by atoms with E-state index in [9.17, 15) is 9.90 Å². The molecule has 0 saturated carbocycles. The van der Waals surface area contributed by atoms with E-state index in [0.717, 1.165) is 31.0 Å². The topological polar surface area (TPSA) is 56.7 Å². The van der Waals surface area contributed by atoms with Crippen LogP contribution in [-0.4, -0.2) is 52.2 Å². The average Bonchev–Trinajstić information content (AvgIpc) is 2.35. The molecular weight excluding hydrogens is 278 g/mol. The Hall–Kier alpha value is -1.62. The van der Waals surface area contributed by atoms with Crippen LogP contribution in [-0.2, 0) is 0 Å². The number of hydrogen-bond acceptors (Lipinski definition) is 4. The van der Waals surface area contributed by atoms with Crippen molar-refractivity contribution in [1.82, 2.24) is 9.88 Å². The van der Waals surface area contributed by atoms with Crippen LogP contribution in [0.15, 0.2) is 6.07 Å². The largest absolute Gasteiger partial charge is 0.478 e. The van der Waals surface area contributed by atoms with Gasteiger partial charge in [0.05, 0.1) is 11.3 Å². The lowest BCUT2D eigenvalue weighted by atomic mass is 9.96. The summed E-state index contributed by atoms with van der Waals surface area (Å²) in [6, 6.07) is 2.42. The highest BCUT2D eigenvalue weighted by Gasteiger charge is 2.35. The number of piperazine rings is 1. The molecule has 0 unspecified atom stereocenters. The lowest BCUT2D eigenvalue weighted by Gasteiger charge is -2.49. The van der Waals surface area contributed by atoms with Gasteiger partial charge < -0.3 is 10.0 Å². The zero-order chi connectivity index (χ0) is 16.7. The first kappa shape index (κ1) is 16.7. The number of anilines is 1. The fourth-order valence-corrected chi connectivity index (χ4v) is 3.62. The maximum Gasteiger partial charge on any atom is 0.337 e. The molecule has 0 aromatic carbocycles. The molecule has 0 bridgehead atoms. The minimum Gasteiger partial charge on any atom is -0.478 e. The second-order valence-corrected chi connectivity index (χ2v) is 7.08. The fraction of sp³-hybridized carbons (Fsp3) is 0.647. The van der Waals surface area contributed by atoms with Gasteiger partial charge in [-0.25, -0.2) is 9.78 Å². The standard InChI is InChI=1S/C17H27N3O2/c1-11(2)20-8-7-19(10-17(20,5)6)14-9-12(3)15(16(21)22)13(4)18-14/h9,11H,7-8,10H2,1-6H3,(H,21,22). The number of aryl methyl sites for hydroxylation is 2. The monoisotopic (exact) mass is 305 g/mol. The van der Waals surface area contributed by atoms with Gasteiger partial charge in [-0.05, 0) is 53.2 Å². The lowest BCUT2D eigenvalue weighted by Crippen LogP contribution is -2.61. The molecule has 0 aliphatic carbocycles. The second kappa shape index (κ2) is 5.88. The van der Waals surface area contributed by atoms with Gasteiger partial charge in [0.25, 0.3) is 0 Å². The molecule has 1 aliphatic heterocycles. The summed E-state index contributed by atoms with van der Waals surface area (Å²) in [6.07, 6.45) is 0. The van der Waals surface area contributed by atoms with Crippen LogP contribution in [0.4, 0.5) is 5.82 Å². The van der Waals surface area contributed by atoms with E-state index in [2.05, 4.69) is 42.5 Å². The predicted molar refractivity (Wildman–Crippen MR) is 88.8 cm³/mol. The highest BCUT2D eigenvalue weighted by Crippen LogP contribution is 2.28. The Morgan fingerprint density at radius 3 is 2.41 bits per heavy atom. The average molecular weight is 305 g/mol. The molecule has 2 rings (SSSR count). The van der Waals surface area contributed by atoms with Gasteiger partial charge in [-0.3, -0.25) is 4.90 Å². The molecule has 0 spiro atoms. The van der Waals surface area contributed by atoms with Crippen molar-refractivity contribution in [3.8, 4) is 0 Å². The molecule has 0 radical (unpaired) electrons. The molecule has 1 fully saturated rings. The molecule has 1 aromatic rings. The predicted octanol–water partition coefficient (Wildman–Crippen LogP) is 2.71. The van der Waals surface area contributed by atoms with Gasteiger partial charge in [0.2, 0.25) is 0 Å². The van der Waals surface area contributed by atoms with Gasteiger partial charge in [-0.2, -0.15) is 0 Å². The molecule has 1 aromatic heterocycles. The number of carboxylic acid groups (broad SMARTS) is 1. The van der Waals surface area contributed by atoms with Crippen LogP contribution in [0.2, 0.25) is 0 Å². The normalized spacial score (nSPS) is 18.8. The van der Waals surface area contributed by atoms with Crippen molar-refractivity contribution < 1.29 is 9.90 Å². The zero-order valence-corrected chi connectivity index (χ0v) is 14.5. The number of carbonyl (C=O) groups is 1. The molecule has 0 atom stereocenters. The molecule has 5 nitrogen and oxygen atoms in total. The van der Waals surface area contributed by atoms with Crippen LogP contribution >= 0.6 is 0 Å². The van der Waals surface area contributed by atoms with Gasteiger partial charge in [-0.1, -0.05) is 0 Å². The van der Waals surface area contributed by atoms with Gasteiger partial charge in [0.15, 0.2) is 0 Å². The number of rotatable bonds is 3. The van der Waals surface area contributed by atoms with Crippen LogP contribution in [0.3, 0.4) is 0 Å². The Morgan fingerprint density at radius 2 is 1.95 bits per heavy atom. The molecule has 0 amide bonds. The van der Waals surface area contributed by atoms with Gasteiger partial charge in [0, 0.05) is 31.2 Å². The number of nitrogens with zero attached hydrogens (tertiary/aromatic N) is 3. The minimum atomic E-state index is -0.904. The number of hydrogen-bond donors (Lipinski definition) is 1. The van der Waals surface area contributed by atoms with Crippen molar-refractivity contribution in [2.75, 3.05) is 24.5 Å². The first-order valence-electron chi connectivity index (χ1n) is 7.86. The van der Waals surface area contributed by atoms with Crippen LogP contribution in [0.25, 0.3) is 0 Å². The van der Waals surface area contributed by atoms with E-state index in [1.165, 1.54) is 0 Å². The van der Waals surface area contributed by atoms with E-state index in [1.54, 1.807) is 6.92 Å². The van der Waals surface area contributed by atoms with Gasteiger partial charge >= 0.3 is 5.97 Å². The number of aromatic carboxylic acids is 1. The van der Waals surface area contributed by atoms with Crippen LogP contribution < -0.4 is 4.90 Å². The highest BCUT2D eigenvalue weighted by molar-refractivity contribution is 5.90. The molecule has 2 heterocycles. The summed E-state index contributed by atoms with van der Waals surface area (Å²) >= 11 is 0. The molecule has 1 saturated heterocycles. The molecular formula is C17H27N3O2. The van der Waals surface area contributed by atoms with Crippen molar-refractivity contribution >= 4 is 11.8 Å². The van der Waals surface area contributed by atoms with Crippen LogP contribution in [0.1, 0.15) is 49.3 Å². The van der Waals surface area contributed by atoms with E-state index >= 15 is 0 Å². The van der Waals surface area contributed by atoms with E-state index in [1.807, 2.05) is 13.0 Å². The van der Waals surface area contributed by atoms with E-state index in [-0.39, 0.29) is 5.54 Å². The third-order valence-electron chi connectivity index (χ3n) is 4.51. The number of aromatic nitrogens is 1. The molecule has 22 heavy (non-hydrogen) atoms. The van der Waals surface area contributed by atoms with E-state index < -0.39 is 5.97 Å². The summed E-state index contributed by atoms with van der Waals surface area (Å²) in [7, 11) is 0.